The first kappa shape index (κ1) is 17.5. The molecule has 1 fully saturated rings. The van der Waals surface area contributed by atoms with Gasteiger partial charge in [0.2, 0.25) is 6.29 Å². The number of aryl methyl sites for hydroxylation is 2. The normalized spacial score (nSPS) is 28.8. The average Bonchev–Trinajstić information content (AvgIpc) is 2.65. The second kappa shape index (κ2) is 6.66. The Kier molecular flexibility index (Phi) is 4.48. The zero-order valence-electron chi connectivity index (χ0n) is 14.5. The Balaban J connectivity index is 1.71. The van der Waals surface area contributed by atoms with Gasteiger partial charge in [0.25, 0.3) is 0 Å². The molecule has 7 nitrogen and oxygen atoms in total. The largest absolute Gasteiger partial charge is 0.462 e. The zero-order valence-corrected chi connectivity index (χ0v) is 14.5. The van der Waals surface area contributed by atoms with Gasteiger partial charge in [0.15, 0.2) is 0 Å². The maximum absolute atomic E-state index is 12.3. The lowest BCUT2D eigenvalue weighted by molar-refractivity contribution is -0.242. The smallest absolute Gasteiger partial charge is 0.339 e. The zero-order chi connectivity index (χ0) is 18.4. The van der Waals surface area contributed by atoms with E-state index in [1.807, 2.05) is 6.07 Å². The van der Waals surface area contributed by atoms with Crippen LogP contribution in [-0.2, 0) is 17.6 Å². The van der Waals surface area contributed by atoms with E-state index < -0.39 is 24.6 Å². The summed E-state index contributed by atoms with van der Waals surface area (Å²) in [6.45, 7) is 1.63. The van der Waals surface area contributed by atoms with Crippen LogP contribution in [0.4, 0.5) is 0 Å². The highest BCUT2D eigenvalue weighted by molar-refractivity contribution is 5.86. The first-order valence-electron chi connectivity index (χ1n) is 8.88. The molecule has 2 aliphatic rings. The van der Waals surface area contributed by atoms with Crippen molar-refractivity contribution in [2.75, 3.05) is 6.61 Å². The highest BCUT2D eigenvalue weighted by atomic mass is 16.7. The van der Waals surface area contributed by atoms with Gasteiger partial charge in [-0.25, -0.2) is 4.79 Å². The minimum atomic E-state index is -1.38. The lowest BCUT2D eigenvalue weighted by Crippen LogP contribution is -2.54. The van der Waals surface area contributed by atoms with Crippen molar-refractivity contribution in [3.8, 4) is 5.75 Å². The van der Waals surface area contributed by atoms with Gasteiger partial charge in [-0.05, 0) is 50.3 Å². The second-order valence-electron chi connectivity index (χ2n) is 6.99. The van der Waals surface area contributed by atoms with Crippen molar-refractivity contribution in [1.29, 1.82) is 0 Å². The van der Waals surface area contributed by atoms with E-state index in [2.05, 4.69) is 0 Å². The molecule has 1 aliphatic heterocycles. The van der Waals surface area contributed by atoms with Gasteiger partial charge < -0.3 is 29.2 Å². The summed E-state index contributed by atoms with van der Waals surface area (Å²) in [4.78, 5) is 12.3. The number of benzene rings is 1. The number of fused-ring (bicyclic) bond motifs is 3. The molecule has 4 unspecified atom stereocenters. The molecule has 4 atom stereocenters. The molecule has 1 aromatic heterocycles. The van der Waals surface area contributed by atoms with E-state index in [1.54, 1.807) is 13.0 Å². The molecule has 140 valence electrons. The summed E-state index contributed by atoms with van der Waals surface area (Å²) in [6, 6.07) is 3.60. The van der Waals surface area contributed by atoms with Crippen LogP contribution in [0.1, 0.15) is 29.5 Å². The van der Waals surface area contributed by atoms with Crippen LogP contribution in [0.5, 0.6) is 5.75 Å². The Morgan fingerprint density at radius 2 is 1.81 bits per heavy atom. The number of aliphatic hydroxyl groups is 3. The van der Waals surface area contributed by atoms with Gasteiger partial charge in [-0.1, -0.05) is 0 Å². The van der Waals surface area contributed by atoms with E-state index in [1.165, 1.54) is 0 Å². The molecule has 0 spiro atoms. The second-order valence-corrected chi connectivity index (χ2v) is 6.99. The molecule has 2 aromatic rings. The predicted molar refractivity (Wildman–Crippen MR) is 92.3 cm³/mol. The lowest BCUT2D eigenvalue weighted by Gasteiger charge is -2.35. The topological polar surface area (TPSA) is 109 Å². The van der Waals surface area contributed by atoms with Crippen LogP contribution in [0.3, 0.4) is 0 Å². The molecular weight excluding hydrogens is 340 g/mol. The lowest BCUT2D eigenvalue weighted by atomic mass is 9.90. The van der Waals surface area contributed by atoms with Crippen molar-refractivity contribution >= 4 is 11.0 Å². The molecular formula is C19H22O7. The van der Waals surface area contributed by atoms with Crippen molar-refractivity contribution in [1.82, 2.24) is 0 Å². The summed E-state index contributed by atoms with van der Waals surface area (Å²) >= 11 is 0. The Bertz CT molecular complexity index is 888. The number of aliphatic hydroxyl groups excluding tert-OH is 3. The van der Waals surface area contributed by atoms with Crippen LogP contribution in [0.15, 0.2) is 21.3 Å². The van der Waals surface area contributed by atoms with Gasteiger partial charge in [-0.2, -0.15) is 0 Å². The first-order valence-corrected chi connectivity index (χ1v) is 8.88. The monoisotopic (exact) mass is 362 g/mol. The molecule has 0 bridgehead atoms. The van der Waals surface area contributed by atoms with Crippen LogP contribution in [0, 0.1) is 6.92 Å². The van der Waals surface area contributed by atoms with Crippen molar-refractivity contribution in [3.05, 3.63) is 39.2 Å². The highest BCUT2D eigenvalue weighted by Gasteiger charge is 2.39. The molecule has 0 saturated carbocycles. The van der Waals surface area contributed by atoms with E-state index in [-0.39, 0.29) is 12.2 Å². The fraction of sp³-hybridized carbons (Fsp3) is 0.526. The Hall–Kier alpha value is -1.93. The third-order valence-electron chi connectivity index (χ3n) is 5.29. The van der Waals surface area contributed by atoms with Crippen molar-refractivity contribution in [2.45, 2.75) is 57.2 Å². The molecule has 0 radical (unpaired) electrons. The summed E-state index contributed by atoms with van der Waals surface area (Å²) in [6.07, 6.45) is -1.37. The number of ether oxygens (including phenoxy) is 2. The van der Waals surface area contributed by atoms with Gasteiger partial charge >= 0.3 is 5.63 Å². The minimum Gasteiger partial charge on any atom is -0.462 e. The fourth-order valence-electron chi connectivity index (χ4n) is 3.76. The van der Waals surface area contributed by atoms with E-state index >= 15 is 0 Å². The van der Waals surface area contributed by atoms with Gasteiger partial charge in [0, 0.05) is 16.5 Å². The van der Waals surface area contributed by atoms with Gasteiger partial charge in [0.05, 0.1) is 6.61 Å². The third kappa shape index (κ3) is 2.81. The summed E-state index contributed by atoms with van der Waals surface area (Å²) in [5.41, 5.74) is 2.60. The molecule has 4 rings (SSSR count). The molecule has 7 heteroatoms. The van der Waals surface area contributed by atoms with Crippen molar-refractivity contribution in [3.63, 3.8) is 0 Å². The molecule has 3 N–H and O–H groups in total. The van der Waals surface area contributed by atoms with Gasteiger partial charge in [-0.3, -0.25) is 0 Å². The van der Waals surface area contributed by atoms with Crippen LogP contribution >= 0.6 is 0 Å². The molecule has 26 heavy (non-hydrogen) atoms. The molecule has 1 aromatic carbocycles. The fourth-order valence-corrected chi connectivity index (χ4v) is 3.76. The summed E-state index contributed by atoms with van der Waals surface area (Å²) in [5.74, 6) is 0.393. The van der Waals surface area contributed by atoms with E-state index in [0.717, 1.165) is 42.2 Å². The number of hydrogen-bond donors (Lipinski definition) is 3. The maximum atomic E-state index is 12.3. The summed E-state index contributed by atoms with van der Waals surface area (Å²) in [7, 11) is 0. The molecule has 1 aliphatic carbocycles. The standard InChI is InChI=1S/C19H22O7/c1-9-14(25-19-16(22)15(21)13(20)8-24-19)7-6-11-10-4-2-3-5-12(10)18(23)26-17(9)11/h6-7,13,15-16,19-22H,2-5,8H2,1H3. The first-order chi connectivity index (χ1) is 12.5. The van der Waals surface area contributed by atoms with E-state index in [0.29, 0.717) is 16.9 Å². The summed E-state index contributed by atoms with van der Waals surface area (Å²) < 4.78 is 16.5. The summed E-state index contributed by atoms with van der Waals surface area (Å²) in [5, 5.41) is 30.3. The van der Waals surface area contributed by atoms with Crippen molar-refractivity contribution in [2.24, 2.45) is 0 Å². The predicted octanol–water partition coefficient (Wildman–Crippen LogP) is 0.798. The molecule has 2 heterocycles. The Morgan fingerprint density at radius 3 is 2.58 bits per heavy atom. The number of rotatable bonds is 2. The van der Waals surface area contributed by atoms with E-state index in [4.69, 9.17) is 13.9 Å². The molecule has 1 saturated heterocycles. The van der Waals surface area contributed by atoms with E-state index in [9.17, 15) is 20.1 Å². The third-order valence-corrected chi connectivity index (χ3v) is 5.29. The van der Waals surface area contributed by atoms with Crippen LogP contribution in [0.2, 0.25) is 0 Å². The quantitative estimate of drug-likeness (QED) is 0.678. The van der Waals surface area contributed by atoms with Crippen LogP contribution in [0.25, 0.3) is 11.0 Å². The average molecular weight is 362 g/mol. The van der Waals surface area contributed by atoms with Gasteiger partial charge in [0.1, 0.15) is 29.6 Å². The SMILES string of the molecule is Cc1c(OC2OCC(O)C(O)C2O)ccc2c3c(c(=O)oc12)CCCC3. The van der Waals surface area contributed by atoms with Gasteiger partial charge in [-0.15, -0.1) is 0 Å². The highest BCUT2D eigenvalue weighted by Crippen LogP contribution is 2.33. The van der Waals surface area contributed by atoms with Crippen LogP contribution in [-0.4, -0.2) is 46.5 Å². The number of hydrogen-bond acceptors (Lipinski definition) is 7. The van der Waals surface area contributed by atoms with Crippen LogP contribution < -0.4 is 10.4 Å². The van der Waals surface area contributed by atoms with Crippen molar-refractivity contribution < 1.29 is 29.2 Å². The maximum Gasteiger partial charge on any atom is 0.339 e. The minimum absolute atomic E-state index is 0.141. The Morgan fingerprint density at radius 1 is 1.08 bits per heavy atom. The molecule has 0 amide bonds. The Labute approximate surface area is 149 Å².